The molecule has 0 spiro atoms. The molecule has 1 aliphatic rings. The fraction of sp³-hybridized carbons (Fsp3) is 0.200. The first-order valence-electron chi connectivity index (χ1n) is 13.2. The summed E-state index contributed by atoms with van der Waals surface area (Å²) in [6.45, 7) is 0. The molecule has 1 unspecified atom stereocenters. The molecule has 1 aliphatic carbocycles. The second-order valence-corrected chi connectivity index (χ2v) is 10.5. The van der Waals surface area contributed by atoms with Gasteiger partial charge in [-0.05, 0) is 42.2 Å². The maximum atomic E-state index is 13.8. The number of nitrogens with one attached hydrogen (secondary N) is 2. The summed E-state index contributed by atoms with van der Waals surface area (Å²) in [6.07, 6.45) is 6.73. The number of halogens is 2. The maximum Gasteiger partial charge on any atom is 0.212 e. The van der Waals surface area contributed by atoms with Gasteiger partial charge in [-0.25, -0.2) is 9.67 Å². The Bertz CT molecular complexity index is 1850. The van der Waals surface area contributed by atoms with Crippen molar-refractivity contribution in [1.82, 2.24) is 25.0 Å². The van der Waals surface area contributed by atoms with Crippen LogP contribution in [0, 0.1) is 28.6 Å². The largest absolute Gasteiger partial charge is 0.378 e. The Morgan fingerprint density at radius 1 is 1.12 bits per heavy atom. The number of anilines is 2. The lowest BCUT2D eigenvalue weighted by atomic mass is 9.70. The number of nitrogens with zero attached hydrogens (tertiary/aromatic N) is 7. The predicted octanol–water partition coefficient (Wildman–Crippen LogP) is 5.77. The van der Waals surface area contributed by atoms with Crippen molar-refractivity contribution in [2.24, 2.45) is 0 Å². The van der Waals surface area contributed by atoms with Crippen molar-refractivity contribution in [1.29, 1.82) is 10.5 Å². The molecule has 3 aromatic heterocycles. The number of pyridine rings is 2. The maximum absolute atomic E-state index is 13.8. The second kappa shape index (κ2) is 11.1. The Morgan fingerprint density at radius 3 is 2.62 bits per heavy atom. The number of rotatable bonds is 9. The minimum Gasteiger partial charge on any atom is -0.378 e. The van der Waals surface area contributed by atoms with Crippen LogP contribution >= 0.6 is 11.6 Å². The van der Waals surface area contributed by atoms with Crippen LogP contribution in [0.3, 0.4) is 0 Å². The number of fused-ring (bicyclic) bond motifs is 1. The SMILES string of the molecule is [B]C(Nc1cc(Cl)c2ncc(C#N)c(N[C@H](CC#N)c3ccccc3)c2c1)(c1ccc(F)nc1)c1cn(C2CC2)nn1. The van der Waals surface area contributed by atoms with Crippen LogP contribution in [0.5, 0.6) is 0 Å². The van der Waals surface area contributed by atoms with Gasteiger partial charge >= 0.3 is 0 Å². The van der Waals surface area contributed by atoms with Crippen molar-refractivity contribution >= 4 is 41.7 Å². The number of aromatic nitrogens is 5. The highest BCUT2D eigenvalue weighted by Gasteiger charge is 2.34. The third-order valence-corrected chi connectivity index (χ3v) is 7.51. The highest BCUT2D eigenvalue weighted by Crippen LogP contribution is 2.39. The topological polar surface area (TPSA) is 128 Å². The van der Waals surface area contributed by atoms with Crippen LogP contribution in [-0.4, -0.2) is 32.8 Å². The first-order chi connectivity index (χ1) is 20.4. The molecular weight excluding hydrogens is 552 g/mol. The van der Waals surface area contributed by atoms with E-state index in [2.05, 4.69) is 43.1 Å². The highest BCUT2D eigenvalue weighted by molar-refractivity contribution is 6.36. The smallest absolute Gasteiger partial charge is 0.212 e. The lowest BCUT2D eigenvalue weighted by Gasteiger charge is -2.31. The van der Waals surface area contributed by atoms with Gasteiger partial charge in [0.2, 0.25) is 5.95 Å². The van der Waals surface area contributed by atoms with E-state index in [-0.39, 0.29) is 18.0 Å². The molecule has 0 saturated heterocycles. The molecule has 9 nitrogen and oxygen atoms in total. The molecule has 0 aliphatic heterocycles. The van der Waals surface area contributed by atoms with Crippen molar-refractivity contribution < 1.29 is 4.39 Å². The first kappa shape index (κ1) is 27.2. The summed E-state index contributed by atoms with van der Waals surface area (Å²) in [5.41, 5.74) is 1.97. The Balaban J connectivity index is 1.46. The van der Waals surface area contributed by atoms with Gasteiger partial charge in [-0.1, -0.05) is 53.2 Å². The standard InChI is InChI=1S/C30H22BClFN9/c31-30(20-6-9-27(33)36-16-20,26-17-42(41-40-26)22-7-8-22)39-21-12-23-28(19(14-35)15-37-29(23)24(32)13-21)38-25(10-11-34)18-4-2-1-3-5-18/h1-6,9,12-13,15-17,22,25,39H,7-8,10H2,(H,37,38)/t25-,30?/m1/s1. The van der Waals surface area contributed by atoms with Gasteiger partial charge in [0.15, 0.2) is 0 Å². The van der Waals surface area contributed by atoms with Crippen molar-refractivity contribution in [3.63, 3.8) is 0 Å². The summed E-state index contributed by atoms with van der Waals surface area (Å²) >= 11 is 6.74. The Morgan fingerprint density at radius 2 is 1.93 bits per heavy atom. The number of hydrogen-bond donors (Lipinski definition) is 2. The van der Waals surface area contributed by atoms with Gasteiger partial charge in [0, 0.05) is 23.5 Å². The third kappa shape index (κ3) is 5.23. The zero-order chi connectivity index (χ0) is 29.3. The lowest BCUT2D eigenvalue weighted by Crippen LogP contribution is -2.38. The average Bonchev–Trinajstić information content (AvgIpc) is 3.73. The molecule has 2 radical (unpaired) electrons. The van der Waals surface area contributed by atoms with Crippen LogP contribution in [0.1, 0.15) is 53.7 Å². The van der Waals surface area contributed by atoms with Gasteiger partial charge < -0.3 is 10.6 Å². The number of benzene rings is 2. The molecule has 3 heterocycles. The normalized spacial score (nSPS) is 14.9. The monoisotopic (exact) mass is 573 g/mol. The molecule has 42 heavy (non-hydrogen) atoms. The summed E-state index contributed by atoms with van der Waals surface area (Å²) in [5, 5.41) is 35.7. The van der Waals surface area contributed by atoms with E-state index in [9.17, 15) is 14.9 Å². The van der Waals surface area contributed by atoms with Crippen LogP contribution in [-0.2, 0) is 5.44 Å². The van der Waals surface area contributed by atoms with Crippen LogP contribution in [0.25, 0.3) is 10.9 Å². The molecular formula is C30H22BClFN9. The minimum atomic E-state index is -1.47. The molecule has 2 aromatic carbocycles. The number of nitriles is 2. The van der Waals surface area contributed by atoms with Crippen molar-refractivity contribution in [2.75, 3.05) is 10.6 Å². The molecule has 6 rings (SSSR count). The zero-order valence-corrected chi connectivity index (χ0v) is 22.9. The Labute approximate surface area is 247 Å². The second-order valence-electron chi connectivity index (χ2n) is 10.1. The summed E-state index contributed by atoms with van der Waals surface area (Å²) in [5.74, 6) is -0.646. The highest BCUT2D eigenvalue weighted by atomic mass is 35.5. The third-order valence-electron chi connectivity index (χ3n) is 7.22. The first-order valence-corrected chi connectivity index (χ1v) is 13.6. The molecule has 12 heteroatoms. The minimum absolute atomic E-state index is 0.157. The van der Waals surface area contributed by atoms with Crippen LogP contribution in [0.15, 0.2) is 73.2 Å². The zero-order valence-electron chi connectivity index (χ0n) is 22.2. The Hall–Kier alpha value is -5.00. The van der Waals surface area contributed by atoms with E-state index in [1.165, 1.54) is 24.5 Å². The fourth-order valence-corrected chi connectivity index (χ4v) is 5.14. The molecule has 1 saturated carbocycles. The van der Waals surface area contributed by atoms with Crippen molar-refractivity contribution in [3.05, 3.63) is 107 Å². The van der Waals surface area contributed by atoms with E-state index in [0.717, 1.165) is 18.4 Å². The summed E-state index contributed by atoms with van der Waals surface area (Å²) < 4.78 is 15.5. The number of hydrogen-bond acceptors (Lipinski definition) is 8. The van der Waals surface area contributed by atoms with E-state index >= 15 is 0 Å². The van der Waals surface area contributed by atoms with Crippen LogP contribution in [0.4, 0.5) is 15.8 Å². The van der Waals surface area contributed by atoms with Gasteiger partial charge in [-0.3, -0.25) is 4.98 Å². The summed E-state index contributed by atoms with van der Waals surface area (Å²) in [4.78, 5) is 8.24. The van der Waals surface area contributed by atoms with Crippen LogP contribution < -0.4 is 10.6 Å². The molecule has 5 aromatic rings. The predicted molar refractivity (Wildman–Crippen MR) is 157 cm³/mol. The van der Waals surface area contributed by atoms with Gasteiger partial charge in [0.05, 0.1) is 58.0 Å². The molecule has 1 fully saturated rings. The van der Waals surface area contributed by atoms with E-state index in [0.29, 0.717) is 38.6 Å². The van der Waals surface area contributed by atoms with E-state index in [4.69, 9.17) is 19.4 Å². The molecule has 0 bridgehead atoms. The van der Waals surface area contributed by atoms with Gasteiger partial charge in [0.25, 0.3) is 0 Å². The van der Waals surface area contributed by atoms with Gasteiger partial charge in [-0.15, -0.1) is 5.10 Å². The van der Waals surface area contributed by atoms with E-state index in [1.807, 2.05) is 30.3 Å². The Kier molecular flexibility index (Phi) is 7.19. The van der Waals surface area contributed by atoms with Crippen molar-refractivity contribution in [3.8, 4) is 12.1 Å². The average molecular weight is 574 g/mol. The fourth-order valence-electron chi connectivity index (χ4n) is 4.87. The van der Waals surface area contributed by atoms with E-state index < -0.39 is 17.4 Å². The van der Waals surface area contributed by atoms with Gasteiger partial charge in [0.1, 0.15) is 19.6 Å². The quantitative estimate of drug-likeness (QED) is 0.168. The molecule has 2 N–H and O–H groups in total. The summed E-state index contributed by atoms with van der Waals surface area (Å²) in [6, 6.07) is 20.0. The molecule has 0 amide bonds. The van der Waals surface area contributed by atoms with Crippen LogP contribution in [0.2, 0.25) is 5.02 Å². The molecule has 204 valence electrons. The van der Waals surface area contributed by atoms with E-state index in [1.54, 1.807) is 23.0 Å². The summed E-state index contributed by atoms with van der Waals surface area (Å²) in [7, 11) is 6.99. The van der Waals surface area contributed by atoms with Gasteiger partial charge in [-0.2, -0.15) is 14.9 Å². The lowest BCUT2D eigenvalue weighted by molar-refractivity contribution is 0.580. The molecule has 2 atom stereocenters. The van der Waals surface area contributed by atoms with Crippen molar-refractivity contribution in [2.45, 2.75) is 36.8 Å².